The van der Waals surface area contributed by atoms with E-state index in [0.717, 1.165) is 5.56 Å². The standard InChI is InChI=1S/C16H16Cl6N2O3/c17-15(18,19)13(23)26-8-4-7-12(27-14(24)16(20,21)22)10-25-9-11-5-2-1-3-6-11/h1-7,12,23-24H,8-10H2/b7-4+,23-13?,24-14?. The van der Waals surface area contributed by atoms with E-state index in [-0.39, 0.29) is 13.2 Å². The Balaban J connectivity index is 2.60. The van der Waals surface area contributed by atoms with Gasteiger partial charge in [0.15, 0.2) is 0 Å². The Kier molecular flexibility index (Phi) is 10.6. The molecule has 1 atom stereocenters. The fourth-order valence-electron chi connectivity index (χ4n) is 1.63. The minimum absolute atomic E-state index is 0.0631. The zero-order chi connectivity index (χ0) is 20.5. The molecule has 0 heterocycles. The lowest BCUT2D eigenvalue weighted by atomic mass is 10.2. The van der Waals surface area contributed by atoms with Crippen molar-refractivity contribution in [2.45, 2.75) is 20.3 Å². The summed E-state index contributed by atoms with van der Waals surface area (Å²) in [7, 11) is 0. The van der Waals surface area contributed by atoms with Crippen LogP contribution in [-0.2, 0) is 20.8 Å². The maximum Gasteiger partial charge on any atom is 0.265 e. The molecule has 0 aliphatic heterocycles. The topological polar surface area (TPSA) is 75.4 Å². The summed E-state index contributed by atoms with van der Waals surface area (Å²) in [5.41, 5.74) is 0.969. The van der Waals surface area contributed by atoms with Gasteiger partial charge in [0.05, 0.1) is 13.2 Å². The highest BCUT2D eigenvalue weighted by Gasteiger charge is 2.30. The Morgan fingerprint density at radius 1 is 0.963 bits per heavy atom. The van der Waals surface area contributed by atoms with E-state index >= 15 is 0 Å². The van der Waals surface area contributed by atoms with Crippen molar-refractivity contribution in [1.29, 1.82) is 10.8 Å². The number of alkyl halides is 6. The molecule has 11 heteroatoms. The fraction of sp³-hybridized carbons (Fsp3) is 0.375. The highest BCUT2D eigenvalue weighted by molar-refractivity contribution is 6.76. The summed E-state index contributed by atoms with van der Waals surface area (Å²) < 4.78 is 11.9. The Morgan fingerprint density at radius 3 is 2.11 bits per heavy atom. The van der Waals surface area contributed by atoms with Crippen LogP contribution in [0.5, 0.6) is 0 Å². The van der Waals surface area contributed by atoms with E-state index in [1.807, 2.05) is 30.3 Å². The van der Waals surface area contributed by atoms with Crippen molar-refractivity contribution in [3.05, 3.63) is 48.0 Å². The summed E-state index contributed by atoms with van der Waals surface area (Å²) in [5, 5.41) is 15.1. The predicted octanol–water partition coefficient (Wildman–Crippen LogP) is 5.86. The first kappa shape index (κ1) is 24.6. The third-order valence-corrected chi connectivity index (χ3v) is 3.88. The minimum Gasteiger partial charge on any atom is -0.474 e. The summed E-state index contributed by atoms with van der Waals surface area (Å²) in [6, 6.07) is 9.50. The maximum atomic E-state index is 7.68. The molecule has 0 fully saturated rings. The number of hydrogen-bond acceptors (Lipinski definition) is 5. The van der Waals surface area contributed by atoms with Crippen molar-refractivity contribution in [1.82, 2.24) is 0 Å². The molecule has 0 aliphatic rings. The zero-order valence-electron chi connectivity index (χ0n) is 13.7. The number of rotatable bonds is 8. The Hall–Kier alpha value is -0.400. The van der Waals surface area contributed by atoms with Gasteiger partial charge in [0.25, 0.3) is 7.59 Å². The van der Waals surface area contributed by atoms with Crippen LogP contribution in [0.2, 0.25) is 0 Å². The van der Waals surface area contributed by atoms with Gasteiger partial charge in [-0.05, 0) is 17.7 Å². The summed E-state index contributed by atoms with van der Waals surface area (Å²) in [5.74, 6) is -1.08. The van der Waals surface area contributed by atoms with Crippen molar-refractivity contribution >= 4 is 81.4 Å². The molecule has 1 aromatic carbocycles. The van der Waals surface area contributed by atoms with Crippen LogP contribution in [0, 0.1) is 10.8 Å². The van der Waals surface area contributed by atoms with E-state index in [4.69, 9.17) is 94.6 Å². The van der Waals surface area contributed by atoms with Gasteiger partial charge in [-0.15, -0.1) is 0 Å². The Labute approximate surface area is 187 Å². The van der Waals surface area contributed by atoms with Crippen molar-refractivity contribution in [2.75, 3.05) is 13.2 Å². The van der Waals surface area contributed by atoms with Gasteiger partial charge in [-0.2, -0.15) is 0 Å². The van der Waals surface area contributed by atoms with Crippen molar-refractivity contribution in [2.24, 2.45) is 0 Å². The van der Waals surface area contributed by atoms with Crippen LogP contribution in [0.25, 0.3) is 0 Å². The molecule has 0 amide bonds. The van der Waals surface area contributed by atoms with Crippen LogP contribution in [0.3, 0.4) is 0 Å². The van der Waals surface area contributed by atoms with E-state index in [2.05, 4.69) is 0 Å². The molecule has 1 rings (SSSR count). The van der Waals surface area contributed by atoms with Gasteiger partial charge in [0.2, 0.25) is 11.8 Å². The molecule has 0 bridgehead atoms. The second-order valence-electron chi connectivity index (χ2n) is 5.05. The van der Waals surface area contributed by atoms with Gasteiger partial charge in [-0.25, -0.2) is 0 Å². The fourth-order valence-corrected chi connectivity index (χ4v) is 1.93. The third-order valence-electron chi connectivity index (χ3n) is 2.85. The van der Waals surface area contributed by atoms with Gasteiger partial charge in [-0.3, -0.25) is 10.8 Å². The van der Waals surface area contributed by atoms with E-state index in [9.17, 15) is 0 Å². The molecule has 5 nitrogen and oxygen atoms in total. The van der Waals surface area contributed by atoms with Gasteiger partial charge in [0, 0.05) is 0 Å². The van der Waals surface area contributed by atoms with Crippen molar-refractivity contribution in [3.8, 4) is 0 Å². The lowest BCUT2D eigenvalue weighted by molar-refractivity contribution is 0.0544. The van der Waals surface area contributed by atoms with Crippen LogP contribution in [0.4, 0.5) is 0 Å². The molecule has 0 saturated carbocycles. The largest absolute Gasteiger partial charge is 0.474 e. The molecule has 0 radical (unpaired) electrons. The second kappa shape index (κ2) is 11.6. The summed E-state index contributed by atoms with van der Waals surface area (Å²) in [6.07, 6.45) is 2.30. The van der Waals surface area contributed by atoms with Crippen LogP contribution in [0.15, 0.2) is 42.5 Å². The average Bonchev–Trinajstić information content (AvgIpc) is 2.57. The van der Waals surface area contributed by atoms with Crippen molar-refractivity contribution < 1.29 is 14.2 Å². The zero-order valence-corrected chi connectivity index (χ0v) is 18.3. The molecular formula is C16H16Cl6N2O3. The van der Waals surface area contributed by atoms with Crippen molar-refractivity contribution in [3.63, 3.8) is 0 Å². The molecule has 2 N–H and O–H groups in total. The molecule has 27 heavy (non-hydrogen) atoms. The first-order valence-corrected chi connectivity index (χ1v) is 9.66. The minimum atomic E-state index is -2.00. The van der Waals surface area contributed by atoms with Crippen LogP contribution in [0.1, 0.15) is 5.56 Å². The van der Waals surface area contributed by atoms with Gasteiger partial charge in [0.1, 0.15) is 12.7 Å². The monoisotopic (exact) mass is 494 g/mol. The average molecular weight is 497 g/mol. The highest BCUT2D eigenvalue weighted by atomic mass is 35.6. The molecule has 0 spiro atoms. The van der Waals surface area contributed by atoms with Crippen LogP contribution in [-0.4, -0.2) is 38.7 Å². The van der Waals surface area contributed by atoms with Gasteiger partial charge >= 0.3 is 0 Å². The first-order chi connectivity index (χ1) is 12.5. The van der Waals surface area contributed by atoms with Gasteiger partial charge in [-0.1, -0.05) is 99.9 Å². The molecular weight excluding hydrogens is 481 g/mol. The van der Waals surface area contributed by atoms with Crippen LogP contribution >= 0.6 is 69.6 Å². The molecule has 150 valence electrons. The molecule has 0 saturated heterocycles. The number of benzene rings is 1. The number of ether oxygens (including phenoxy) is 3. The number of hydrogen-bond donors (Lipinski definition) is 2. The van der Waals surface area contributed by atoms with E-state index in [0.29, 0.717) is 6.61 Å². The second-order valence-corrected chi connectivity index (χ2v) is 9.61. The lowest BCUT2D eigenvalue weighted by Gasteiger charge is -2.20. The van der Waals surface area contributed by atoms with Crippen LogP contribution < -0.4 is 0 Å². The molecule has 1 unspecified atom stereocenters. The van der Waals surface area contributed by atoms with E-state index in [1.54, 1.807) is 0 Å². The predicted molar refractivity (Wildman–Crippen MR) is 112 cm³/mol. The number of nitrogens with one attached hydrogen (secondary N) is 2. The third kappa shape index (κ3) is 10.6. The smallest absolute Gasteiger partial charge is 0.265 e. The first-order valence-electron chi connectivity index (χ1n) is 7.39. The summed E-state index contributed by atoms with van der Waals surface area (Å²) >= 11 is 33.4. The highest BCUT2D eigenvalue weighted by Crippen LogP contribution is 2.29. The van der Waals surface area contributed by atoms with E-state index in [1.165, 1.54) is 12.2 Å². The molecule has 1 aromatic rings. The summed E-state index contributed by atoms with van der Waals surface area (Å²) in [6.45, 7) is 0.354. The number of halogens is 6. The van der Waals surface area contributed by atoms with Gasteiger partial charge < -0.3 is 14.2 Å². The SMILES string of the molecule is N=C(OC/C=C/C(COCc1ccccc1)OC(=N)C(Cl)(Cl)Cl)C(Cl)(Cl)Cl. The normalized spacial score (nSPS) is 13.4. The Morgan fingerprint density at radius 2 is 1.56 bits per heavy atom. The van der Waals surface area contributed by atoms with E-state index < -0.39 is 25.5 Å². The summed E-state index contributed by atoms with van der Waals surface area (Å²) in [4.78, 5) is 0. The molecule has 0 aliphatic carbocycles. The quantitative estimate of drug-likeness (QED) is 0.205. The Bertz CT molecular complexity index is 644. The lowest BCUT2D eigenvalue weighted by Crippen LogP contribution is -2.29. The molecule has 0 aromatic heterocycles. The maximum absolute atomic E-state index is 7.68.